The Morgan fingerprint density at radius 3 is 2.58 bits per heavy atom. The maximum Gasteiger partial charge on any atom is 0.191 e. The van der Waals surface area contributed by atoms with E-state index in [-0.39, 0.29) is 24.0 Å². The van der Waals surface area contributed by atoms with Gasteiger partial charge in [0.15, 0.2) is 5.96 Å². The highest BCUT2D eigenvalue weighted by atomic mass is 127. The number of aliphatic imine (C=N–C) groups is 1. The first-order valence-corrected chi connectivity index (χ1v) is 11.5. The van der Waals surface area contributed by atoms with Crippen LogP contribution in [0.4, 0.5) is 5.82 Å². The predicted octanol–water partition coefficient (Wildman–Crippen LogP) is 4.59. The molecule has 1 saturated heterocycles. The minimum Gasteiger partial charge on any atom is -0.469 e. The number of nitrogens with zero attached hydrogens (tertiary/aromatic N) is 3. The molecule has 1 aromatic carbocycles. The van der Waals surface area contributed by atoms with Gasteiger partial charge in [0.05, 0.1) is 6.26 Å². The van der Waals surface area contributed by atoms with Crippen LogP contribution in [0.1, 0.15) is 29.7 Å². The van der Waals surface area contributed by atoms with Gasteiger partial charge in [0.1, 0.15) is 11.6 Å². The van der Waals surface area contributed by atoms with E-state index in [9.17, 15) is 0 Å². The Hall–Kier alpha value is -2.55. The molecule has 0 radical (unpaired) electrons. The van der Waals surface area contributed by atoms with Crippen LogP contribution in [0.2, 0.25) is 0 Å². The number of rotatable bonds is 8. The summed E-state index contributed by atoms with van der Waals surface area (Å²) in [6, 6.07) is 19.1. The maximum atomic E-state index is 5.44. The van der Waals surface area contributed by atoms with Gasteiger partial charge in [-0.3, -0.25) is 4.99 Å². The molecule has 33 heavy (non-hydrogen) atoms. The van der Waals surface area contributed by atoms with E-state index >= 15 is 0 Å². The van der Waals surface area contributed by atoms with Gasteiger partial charge in [-0.15, -0.1) is 24.0 Å². The zero-order chi connectivity index (χ0) is 22.0. The number of furan rings is 1. The van der Waals surface area contributed by atoms with Crippen LogP contribution in [0.15, 0.2) is 76.5 Å². The lowest BCUT2D eigenvalue weighted by Gasteiger charge is -2.34. The summed E-state index contributed by atoms with van der Waals surface area (Å²) in [4.78, 5) is 11.8. The Morgan fingerprint density at radius 1 is 1.06 bits per heavy atom. The lowest BCUT2D eigenvalue weighted by Crippen LogP contribution is -2.49. The highest BCUT2D eigenvalue weighted by molar-refractivity contribution is 14.0. The normalized spacial score (nSPS) is 14.6. The van der Waals surface area contributed by atoms with Gasteiger partial charge in [0.2, 0.25) is 0 Å². The molecule has 0 amide bonds. The van der Waals surface area contributed by atoms with Crippen molar-refractivity contribution in [2.45, 2.75) is 38.6 Å². The number of aryl methyl sites for hydroxylation is 1. The van der Waals surface area contributed by atoms with Crippen LogP contribution < -0.4 is 15.5 Å². The van der Waals surface area contributed by atoms with Gasteiger partial charge in [-0.05, 0) is 55.5 Å². The summed E-state index contributed by atoms with van der Waals surface area (Å²) < 4.78 is 5.44. The second-order valence-corrected chi connectivity index (χ2v) is 8.32. The van der Waals surface area contributed by atoms with Gasteiger partial charge in [-0.25, -0.2) is 4.98 Å². The van der Waals surface area contributed by atoms with E-state index < -0.39 is 0 Å². The third kappa shape index (κ3) is 8.07. The van der Waals surface area contributed by atoms with E-state index in [4.69, 9.17) is 9.41 Å². The summed E-state index contributed by atoms with van der Waals surface area (Å²) in [7, 11) is 0. The van der Waals surface area contributed by atoms with Crippen LogP contribution in [0, 0.1) is 6.92 Å². The summed E-state index contributed by atoms with van der Waals surface area (Å²) in [6.45, 7) is 5.61. The molecule has 4 rings (SSSR count). The Kier molecular flexibility index (Phi) is 10.1. The Labute approximate surface area is 213 Å². The molecule has 1 aliphatic rings. The molecule has 1 fully saturated rings. The van der Waals surface area contributed by atoms with Crippen LogP contribution >= 0.6 is 24.0 Å². The van der Waals surface area contributed by atoms with Crippen molar-refractivity contribution in [1.29, 1.82) is 0 Å². The van der Waals surface area contributed by atoms with Crippen LogP contribution in [-0.2, 0) is 12.8 Å². The SMILES string of the molecule is Cc1ccc(N2CCC(NC(=NCCc3ccco3)NCCc3ccccc3)CC2)nc1.I. The summed E-state index contributed by atoms with van der Waals surface area (Å²) in [5.74, 6) is 2.93. The van der Waals surface area contributed by atoms with Crippen LogP contribution in [0.5, 0.6) is 0 Å². The van der Waals surface area contributed by atoms with Crippen molar-refractivity contribution >= 4 is 35.8 Å². The fourth-order valence-electron chi connectivity index (χ4n) is 3.95. The number of benzene rings is 1. The van der Waals surface area contributed by atoms with E-state index in [1.807, 2.05) is 18.3 Å². The van der Waals surface area contributed by atoms with Gasteiger partial charge in [-0.1, -0.05) is 36.4 Å². The number of halogens is 1. The smallest absolute Gasteiger partial charge is 0.191 e. The number of anilines is 1. The molecule has 0 unspecified atom stereocenters. The van der Waals surface area contributed by atoms with Gasteiger partial charge in [0, 0.05) is 44.8 Å². The molecular weight excluding hydrogens is 525 g/mol. The number of pyridine rings is 1. The molecule has 176 valence electrons. The molecule has 6 nitrogen and oxygen atoms in total. The third-order valence-electron chi connectivity index (χ3n) is 5.81. The Bertz CT molecular complexity index is 952. The van der Waals surface area contributed by atoms with E-state index in [1.165, 1.54) is 11.1 Å². The first-order chi connectivity index (χ1) is 15.8. The highest BCUT2D eigenvalue weighted by Crippen LogP contribution is 2.18. The van der Waals surface area contributed by atoms with E-state index in [0.717, 1.165) is 62.9 Å². The molecule has 1 aliphatic heterocycles. The van der Waals surface area contributed by atoms with Crippen molar-refractivity contribution in [1.82, 2.24) is 15.6 Å². The predicted molar refractivity (Wildman–Crippen MR) is 146 cm³/mol. The monoisotopic (exact) mass is 559 g/mol. The molecule has 2 N–H and O–H groups in total. The Balaban J connectivity index is 0.00000306. The van der Waals surface area contributed by atoms with Crippen molar-refractivity contribution < 1.29 is 4.42 Å². The zero-order valence-electron chi connectivity index (χ0n) is 19.2. The summed E-state index contributed by atoms with van der Waals surface area (Å²) >= 11 is 0. The molecule has 0 aliphatic carbocycles. The van der Waals surface area contributed by atoms with Gasteiger partial charge in [0.25, 0.3) is 0 Å². The molecule has 2 aromatic heterocycles. The van der Waals surface area contributed by atoms with Crippen molar-refractivity contribution in [3.05, 3.63) is 83.9 Å². The van der Waals surface area contributed by atoms with E-state index in [1.54, 1.807) is 6.26 Å². The first kappa shape index (κ1) is 25.1. The van der Waals surface area contributed by atoms with Gasteiger partial charge < -0.3 is 20.0 Å². The van der Waals surface area contributed by atoms with Crippen LogP contribution in [0.3, 0.4) is 0 Å². The maximum absolute atomic E-state index is 5.44. The van der Waals surface area contributed by atoms with Gasteiger partial charge in [-0.2, -0.15) is 0 Å². The average molecular weight is 559 g/mol. The second-order valence-electron chi connectivity index (χ2n) is 8.32. The Morgan fingerprint density at radius 2 is 1.88 bits per heavy atom. The average Bonchev–Trinajstić information content (AvgIpc) is 3.34. The number of aromatic nitrogens is 1. The molecule has 0 spiro atoms. The summed E-state index contributed by atoms with van der Waals surface area (Å²) in [5.41, 5.74) is 2.52. The van der Waals surface area contributed by atoms with E-state index in [0.29, 0.717) is 12.6 Å². The molecule has 3 aromatic rings. The van der Waals surface area contributed by atoms with Crippen molar-refractivity contribution in [2.24, 2.45) is 4.99 Å². The lowest BCUT2D eigenvalue weighted by atomic mass is 10.1. The quantitative estimate of drug-likeness (QED) is 0.240. The van der Waals surface area contributed by atoms with Crippen LogP contribution in [-0.4, -0.2) is 43.2 Å². The third-order valence-corrected chi connectivity index (χ3v) is 5.81. The summed E-state index contributed by atoms with van der Waals surface area (Å²) in [6.07, 6.45) is 7.56. The van der Waals surface area contributed by atoms with Crippen molar-refractivity contribution in [2.75, 3.05) is 31.1 Å². The molecule has 0 bridgehead atoms. The number of piperidine rings is 1. The number of hydrogen-bond donors (Lipinski definition) is 2. The van der Waals surface area contributed by atoms with Crippen LogP contribution in [0.25, 0.3) is 0 Å². The second kappa shape index (κ2) is 13.2. The van der Waals surface area contributed by atoms with Crippen molar-refractivity contribution in [3.8, 4) is 0 Å². The topological polar surface area (TPSA) is 65.7 Å². The fraction of sp³-hybridized carbons (Fsp3) is 0.385. The van der Waals surface area contributed by atoms with E-state index in [2.05, 4.69) is 69.9 Å². The number of hydrogen-bond acceptors (Lipinski definition) is 4. The molecule has 0 atom stereocenters. The largest absolute Gasteiger partial charge is 0.469 e. The number of guanidine groups is 1. The lowest BCUT2D eigenvalue weighted by molar-refractivity contribution is 0.459. The summed E-state index contributed by atoms with van der Waals surface area (Å²) in [5, 5.41) is 7.19. The first-order valence-electron chi connectivity index (χ1n) is 11.5. The minimum absolute atomic E-state index is 0. The highest BCUT2D eigenvalue weighted by Gasteiger charge is 2.21. The van der Waals surface area contributed by atoms with Crippen molar-refractivity contribution in [3.63, 3.8) is 0 Å². The minimum atomic E-state index is 0. The number of nitrogens with one attached hydrogen (secondary N) is 2. The molecule has 7 heteroatoms. The molecule has 3 heterocycles. The molecular formula is C26H34IN5O. The molecule has 0 saturated carbocycles. The standard InChI is InChI=1S/C26H33N5O.HI/c1-21-9-10-25(29-20-21)31-17-13-23(14-18-31)30-26(28-16-12-24-8-5-19-32-24)27-15-11-22-6-3-2-4-7-22;/h2-10,19-20,23H,11-18H2,1H3,(H2,27,28,30);1H. The fourth-order valence-corrected chi connectivity index (χ4v) is 3.95. The van der Waals surface area contributed by atoms with Gasteiger partial charge >= 0.3 is 0 Å². The zero-order valence-corrected chi connectivity index (χ0v) is 21.6.